The minimum Gasteiger partial charge on any atom is -0.405 e. The lowest BCUT2D eigenvalue weighted by Crippen LogP contribution is -2.24. The second-order valence-electron chi connectivity index (χ2n) is 5.37. The maximum atomic E-state index is 12.4. The average Bonchev–Trinajstić information content (AvgIpc) is 2.76. The van der Waals surface area contributed by atoms with Gasteiger partial charge in [-0.05, 0) is 43.9 Å². The molecule has 0 aromatic heterocycles. The Labute approximate surface area is 130 Å². The van der Waals surface area contributed by atoms with Crippen molar-refractivity contribution in [3.63, 3.8) is 0 Å². The van der Waals surface area contributed by atoms with Crippen molar-refractivity contribution in [1.29, 1.82) is 0 Å². The molecule has 1 aliphatic rings. The van der Waals surface area contributed by atoms with E-state index in [4.69, 9.17) is 5.73 Å². The van der Waals surface area contributed by atoms with Crippen molar-refractivity contribution in [2.45, 2.75) is 38.2 Å². The van der Waals surface area contributed by atoms with E-state index in [0.29, 0.717) is 22.5 Å². The summed E-state index contributed by atoms with van der Waals surface area (Å²) in [4.78, 5) is 0. The number of rotatable bonds is 5. The Bertz CT molecular complexity index is 482. The van der Waals surface area contributed by atoms with E-state index in [9.17, 15) is 13.2 Å². The first-order valence-electron chi connectivity index (χ1n) is 6.84. The maximum Gasteiger partial charge on any atom is 0.573 e. The van der Waals surface area contributed by atoms with Crippen LogP contribution < -0.4 is 15.8 Å². The molecule has 1 aromatic carbocycles. The number of benzene rings is 1. The van der Waals surface area contributed by atoms with E-state index in [0.717, 1.165) is 25.8 Å². The molecule has 2 atom stereocenters. The van der Waals surface area contributed by atoms with E-state index in [1.54, 1.807) is 12.1 Å². The minimum atomic E-state index is -4.69. The Balaban J connectivity index is 1.92. The Morgan fingerprint density at radius 1 is 1.33 bits per heavy atom. The molecule has 0 spiro atoms. The highest BCUT2D eigenvalue weighted by molar-refractivity contribution is 9.10. The van der Waals surface area contributed by atoms with Crippen LogP contribution in [0.5, 0.6) is 5.75 Å². The first kappa shape index (κ1) is 16.6. The third kappa shape index (κ3) is 5.48. The van der Waals surface area contributed by atoms with Gasteiger partial charge in [0.05, 0.1) is 0 Å². The maximum absolute atomic E-state index is 12.4. The molecule has 3 nitrogen and oxygen atoms in total. The topological polar surface area (TPSA) is 47.3 Å². The van der Waals surface area contributed by atoms with Crippen LogP contribution in [0.2, 0.25) is 0 Å². The molecule has 7 heteroatoms. The molecule has 0 bridgehead atoms. The Morgan fingerprint density at radius 2 is 2.10 bits per heavy atom. The van der Waals surface area contributed by atoms with Crippen LogP contribution >= 0.6 is 15.9 Å². The van der Waals surface area contributed by atoms with Crippen LogP contribution in [0.25, 0.3) is 0 Å². The molecule has 0 saturated heterocycles. The van der Waals surface area contributed by atoms with E-state index < -0.39 is 6.36 Å². The molecular weight excluding hydrogens is 349 g/mol. The first-order chi connectivity index (χ1) is 9.83. The Kier molecular flexibility index (Phi) is 5.51. The third-order valence-electron chi connectivity index (χ3n) is 3.59. The van der Waals surface area contributed by atoms with Gasteiger partial charge in [0.15, 0.2) is 0 Å². The van der Waals surface area contributed by atoms with Crippen molar-refractivity contribution in [1.82, 2.24) is 5.32 Å². The lowest BCUT2D eigenvalue weighted by molar-refractivity contribution is -0.274. The average molecular weight is 367 g/mol. The van der Waals surface area contributed by atoms with Gasteiger partial charge in [-0.25, -0.2) is 0 Å². The molecule has 0 aliphatic heterocycles. The summed E-state index contributed by atoms with van der Waals surface area (Å²) in [6.45, 7) is 1.10. The molecule has 1 aromatic rings. The predicted octanol–water partition coefficient (Wildman–Crippen LogP) is 3.56. The second kappa shape index (κ2) is 6.98. The van der Waals surface area contributed by atoms with Crippen molar-refractivity contribution in [2.24, 2.45) is 11.7 Å². The summed E-state index contributed by atoms with van der Waals surface area (Å²) in [5, 5.41) is 3.19. The summed E-state index contributed by atoms with van der Waals surface area (Å²) in [5.74, 6) is 0.329. The van der Waals surface area contributed by atoms with Crippen molar-refractivity contribution in [3.8, 4) is 5.75 Å². The van der Waals surface area contributed by atoms with Gasteiger partial charge in [-0.1, -0.05) is 22.0 Å². The molecule has 0 heterocycles. The molecule has 0 amide bonds. The van der Waals surface area contributed by atoms with E-state index >= 15 is 0 Å². The number of alkyl halides is 3. The van der Waals surface area contributed by atoms with Crippen molar-refractivity contribution < 1.29 is 17.9 Å². The second-order valence-corrected chi connectivity index (χ2v) is 6.29. The lowest BCUT2D eigenvalue weighted by Gasteiger charge is -2.15. The van der Waals surface area contributed by atoms with Crippen LogP contribution in [0.3, 0.4) is 0 Å². The first-order valence-corrected chi connectivity index (χ1v) is 7.63. The molecule has 118 valence electrons. The molecular formula is C14H18BrF3N2O. The van der Waals surface area contributed by atoms with E-state index in [2.05, 4.69) is 26.0 Å². The molecule has 3 N–H and O–H groups in total. The van der Waals surface area contributed by atoms with Crippen molar-refractivity contribution >= 4 is 15.9 Å². The van der Waals surface area contributed by atoms with Crippen LogP contribution in [0, 0.1) is 5.92 Å². The molecule has 2 rings (SSSR count). The summed E-state index contributed by atoms with van der Waals surface area (Å²) in [5.41, 5.74) is 6.32. The van der Waals surface area contributed by atoms with Crippen molar-refractivity contribution in [2.75, 3.05) is 6.54 Å². The highest BCUT2D eigenvalue weighted by Crippen LogP contribution is 2.29. The lowest BCUT2D eigenvalue weighted by atomic mass is 10.1. The minimum absolute atomic E-state index is 0.174. The SMILES string of the molecule is N[C@H]1CC[C@@H](CNCc2ccc(Br)cc2OC(F)(F)F)C1. The van der Waals surface area contributed by atoms with Gasteiger partial charge >= 0.3 is 6.36 Å². The molecule has 1 fully saturated rings. The van der Waals surface area contributed by atoms with Crippen LogP contribution in [0.1, 0.15) is 24.8 Å². The van der Waals surface area contributed by atoms with E-state index in [1.807, 2.05) is 0 Å². The fourth-order valence-electron chi connectivity index (χ4n) is 2.60. The monoisotopic (exact) mass is 366 g/mol. The summed E-state index contributed by atoms with van der Waals surface area (Å²) in [6.07, 6.45) is -1.62. The van der Waals surface area contributed by atoms with Gasteiger partial charge in [-0.2, -0.15) is 0 Å². The summed E-state index contributed by atoms with van der Waals surface area (Å²) < 4.78 is 41.8. The largest absolute Gasteiger partial charge is 0.573 e. The molecule has 1 saturated carbocycles. The van der Waals surface area contributed by atoms with Gasteiger partial charge in [0.1, 0.15) is 5.75 Å². The molecule has 0 radical (unpaired) electrons. The number of ether oxygens (including phenoxy) is 1. The molecule has 1 aliphatic carbocycles. The smallest absolute Gasteiger partial charge is 0.405 e. The highest BCUT2D eigenvalue weighted by atomic mass is 79.9. The van der Waals surface area contributed by atoms with Crippen LogP contribution in [0.15, 0.2) is 22.7 Å². The number of hydrogen-bond donors (Lipinski definition) is 2. The Hall–Kier alpha value is -0.790. The number of hydrogen-bond acceptors (Lipinski definition) is 3. The highest BCUT2D eigenvalue weighted by Gasteiger charge is 2.32. The summed E-state index contributed by atoms with van der Waals surface area (Å²) in [7, 11) is 0. The van der Waals surface area contributed by atoms with Gasteiger partial charge in [0.2, 0.25) is 0 Å². The van der Waals surface area contributed by atoms with Crippen LogP contribution in [-0.4, -0.2) is 18.9 Å². The normalized spacial score (nSPS) is 22.5. The van der Waals surface area contributed by atoms with Crippen molar-refractivity contribution in [3.05, 3.63) is 28.2 Å². The number of halogens is 4. The standard InChI is InChI=1S/C14H18BrF3N2O/c15-11-3-2-10(13(6-11)21-14(16,17)18)8-20-7-9-1-4-12(19)5-9/h2-3,6,9,12,20H,1,4-5,7-8,19H2/t9-,12+/m1/s1. The van der Waals surface area contributed by atoms with Gasteiger partial charge in [-0.3, -0.25) is 0 Å². The summed E-state index contributed by atoms with van der Waals surface area (Å²) >= 11 is 3.15. The van der Waals surface area contributed by atoms with Gasteiger partial charge in [0.25, 0.3) is 0 Å². The zero-order chi connectivity index (χ0) is 15.5. The molecule has 0 unspecified atom stereocenters. The zero-order valence-electron chi connectivity index (χ0n) is 11.4. The predicted molar refractivity (Wildman–Crippen MR) is 77.8 cm³/mol. The zero-order valence-corrected chi connectivity index (χ0v) is 13.0. The third-order valence-corrected chi connectivity index (χ3v) is 4.08. The van der Waals surface area contributed by atoms with E-state index in [-0.39, 0.29) is 11.8 Å². The van der Waals surface area contributed by atoms with Gasteiger partial charge < -0.3 is 15.8 Å². The number of nitrogens with one attached hydrogen (secondary N) is 1. The quantitative estimate of drug-likeness (QED) is 0.837. The fourth-order valence-corrected chi connectivity index (χ4v) is 2.94. The van der Waals surface area contributed by atoms with Crippen LogP contribution in [-0.2, 0) is 6.54 Å². The van der Waals surface area contributed by atoms with E-state index in [1.165, 1.54) is 6.07 Å². The van der Waals surface area contributed by atoms with Crippen LogP contribution in [0.4, 0.5) is 13.2 Å². The summed E-state index contributed by atoms with van der Waals surface area (Å²) in [6, 6.07) is 4.91. The molecule has 21 heavy (non-hydrogen) atoms. The Morgan fingerprint density at radius 3 is 2.71 bits per heavy atom. The number of nitrogens with two attached hydrogens (primary N) is 1. The van der Waals surface area contributed by atoms with Gasteiger partial charge in [-0.15, -0.1) is 13.2 Å². The van der Waals surface area contributed by atoms with Gasteiger partial charge in [0, 0.05) is 22.6 Å². The fraction of sp³-hybridized carbons (Fsp3) is 0.571.